The first kappa shape index (κ1) is 14.2. The summed E-state index contributed by atoms with van der Waals surface area (Å²) in [5, 5.41) is 15.1. The number of hydrogen-bond acceptors (Lipinski definition) is 5. The van der Waals surface area contributed by atoms with Gasteiger partial charge in [0.1, 0.15) is 11.4 Å². The van der Waals surface area contributed by atoms with Crippen LogP contribution in [-0.2, 0) is 0 Å². The minimum Gasteiger partial charge on any atom is -0.391 e. The number of aliphatic hydroxyl groups is 1. The zero-order valence-electron chi connectivity index (χ0n) is 11.0. The number of thioether (sulfide) groups is 1. The monoisotopic (exact) mass is 277 g/mol. The molecular weight excluding hydrogens is 258 g/mol. The van der Waals surface area contributed by atoms with Crippen molar-refractivity contribution < 1.29 is 5.11 Å². The molecule has 2 aromatic rings. The fraction of sp³-hybridized carbons (Fsp3) is 0.429. The summed E-state index contributed by atoms with van der Waals surface area (Å²) in [6, 6.07) is 7.93. The molecule has 5 heteroatoms. The average molecular weight is 277 g/mol. The second-order valence-electron chi connectivity index (χ2n) is 4.36. The molecule has 1 unspecified atom stereocenters. The first-order chi connectivity index (χ1) is 9.31. The maximum atomic E-state index is 9.88. The maximum Gasteiger partial charge on any atom is 0.117 e. The van der Waals surface area contributed by atoms with Crippen LogP contribution in [0.2, 0.25) is 0 Å². The number of benzene rings is 1. The fourth-order valence-electron chi connectivity index (χ4n) is 1.77. The summed E-state index contributed by atoms with van der Waals surface area (Å²) >= 11 is 1.57. The number of hydrogen-bond donors (Lipinski definition) is 2. The van der Waals surface area contributed by atoms with Gasteiger partial charge in [0.2, 0.25) is 0 Å². The van der Waals surface area contributed by atoms with E-state index in [-0.39, 0.29) is 6.10 Å². The Kier molecular flexibility index (Phi) is 5.57. The molecule has 1 heterocycles. The molecule has 0 aliphatic heterocycles. The Morgan fingerprint density at radius 3 is 3.00 bits per heavy atom. The highest BCUT2D eigenvalue weighted by Gasteiger charge is 2.08. The van der Waals surface area contributed by atoms with Crippen molar-refractivity contribution >= 4 is 22.7 Å². The molecule has 0 radical (unpaired) electrons. The van der Waals surface area contributed by atoms with E-state index in [0.29, 0.717) is 12.3 Å². The average Bonchev–Trinajstić information content (AvgIpc) is 2.45. The molecule has 0 fully saturated rings. The predicted octanol–water partition coefficient (Wildman–Crippen LogP) is 2.08. The van der Waals surface area contributed by atoms with Gasteiger partial charge in [0, 0.05) is 17.7 Å². The van der Waals surface area contributed by atoms with Crippen LogP contribution in [0.25, 0.3) is 10.9 Å². The van der Waals surface area contributed by atoms with Crippen molar-refractivity contribution in [2.75, 3.05) is 18.8 Å². The molecule has 1 aromatic carbocycles. The zero-order chi connectivity index (χ0) is 13.5. The highest BCUT2D eigenvalue weighted by molar-refractivity contribution is 7.99. The summed E-state index contributed by atoms with van der Waals surface area (Å²) in [7, 11) is 0. The van der Waals surface area contributed by atoms with Crippen LogP contribution in [0, 0.1) is 0 Å². The normalized spacial score (nSPS) is 12.7. The van der Waals surface area contributed by atoms with E-state index in [2.05, 4.69) is 22.2 Å². The minimum atomic E-state index is -0.356. The van der Waals surface area contributed by atoms with Crippen molar-refractivity contribution in [3.8, 4) is 0 Å². The van der Waals surface area contributed by atoms with Crippen molar-refractivity contribution in [1.29, 1.82) is 0 Å². The molecule has 0 aliphatic rings. The van der Waals surface area contributed by atoms with Crippen LogP contribution < -0.4 is 5.32 Å². The lowest BCUT2D eigenvalue weighted by Crippen LogP contribution is -2.28. The molecule has 0 saturated heterocycles. The molecule has 4 nitrogen and oxygen atoms in total. The second-order valence-corrected chi connectivity index (χ2v) is 5.37. The summed E-state index contributed by atoms with van der Waals surface area (Å²) < 4.78 is 0. The molecule has 0 aliphatic carbocycles. The van der Waals surface area contributed by atoms with Crippen LogP contribution in [-0.4, -0.2) is 40.0 Å². The SMILES string of the molecule is CCCNCC(O)CSc1ncnc2ccccc12. The smallest absolute Gasteiger partial charge is 0.117 e. The van der Waals surface area contributed by atoms with Gasteiger partial charge in [-0.1, -0.05) is 25.1 Å². The van der Waals surface area contributed by atoms with Crippen molar-refractivity contribution in [3.63, 3.8) is 0 Å². The number of nitrogens with zero attached hydrogens (tertiary/aromatic N) is 2. The molecular formula is C14H19N3OS. The minimum absolute atomic E-state index is 0.356. The van der Waals surface area contributed by atoms with Gasteiger partial charge in [-0.15, -0.1) is 11.8 Å². The van der Waals surface area contributed by atoms with Crippen molar-refractivity contribution in [1.82, 2.24) is 15.3 Å². The van der Waals surface area contributed by atoms with Gasteiger partial charge in [-0.2, -0.15) is 0 Å². The van der Waals surface area contributed by atoms with Gasteiger partial charge in [0.25, 0.3) is 0 Å². The van der Waals surface area contributed by atoms with Crippen LogP contribution in [0.5, 0.6) is 0 Å². The Morgan fingerprint density at radius 1 is 1.32 bits per heavy atom. The number of fused-ring (bicyclic) bond motifs is 1. The van der Waals surface area contributed by atoms with Gasteiger partial charge < -0.3 is 10.4 Å². The van der Waals surface area contributed by atoms with Crippen LogP contribution in [0.4, 0.5) is 0 Å². The molecule has 2 N–H and O–H groups in total. The zero-order valence-corrected chi connectivity index (χ0v) is 11.9. The Balaban J connectivity index is 1.94. The van der Waals surface area contributed by atoms with E-state index in [1.165, 1.54) is 0 Å². The van der Waals surface area contributed by atoms with E-state index in [9.17, 15) is 5.11 Å². The molecule has 102 valence electrons. The van der Waals surface area contributed by atoms with Crippen LogP contribution >= 0.6 is 11.8 Å². The Bertz CT molecular complexity index is 516. The lowest BCUT2D eigenvalue weighted by atomic mass is 10.2. The Labute approximate surface area is 117 Å². The van der Waals surface area contributed by atoms with Crippen LogP contribution in [0.1, 0.15) is 13.3 Å². The first-order valence-corrected chi connectivity index (χ1v) is 7.51. The second kappa shape index (κ2) is 7.43. The van der Waals surface area contributed by atoms with Gasteiger partial charge in [0.05, 0.1) is 11.6 Å². The summed E-state index contributed by atoms with van der Waals surface area (Å²) in [4.78, 5) is 8.53. The number of nitrogens with one attached hydrogen (secondary N) is 1. The molecule has 0 amide bonds. The van der Waals surface area contributed by atoms with E-state index < -0.39 is 0 Å². The third-order valence-electron chi connectivity index (χ3n) is 2.73. The van der Waals surface area contributed by atoms with E-state index in [0.717, 1.165) is 28.9 Å². The summed E-state index contributed by atoms with van der Waals surface area (Å²) in [6.45, 7) is 3.68. The van der Waals surface area contributed by atoms with E-state index in [1.807, 2.05) is 24.3 Å². The van der Waals surface area contributed by atoms with Crippen LogP contribution in [0.15, 0.2) is 35.6 Å². The Hall–Kier alpha value is -1.17. The first-order valence-electron chi connectivity index (χ1n) is 6.52. The molecule has 0 saturated carbocycles. The molecule has 19 heavy (non-hydrogen) atoms. The Morgan fingerprint density at radius 2 is 2.16 bits per heavy atom. The quantitative estimate of drug-likeness (QED) is 0.461. The van der Waals surface area contributed by atoms with Crippen LogP contribution in [0.3, 0.4) is 0 Å². The van der Waals surface area contributed by atoms with Crippen molar-refractivity contribution in [2.24, 2.45) is 0 Å². The van der Waals surface area contributed by atoms with Gasteiger partial charge >= 0.3 is 0 Å². The van der Waals surface area contributed by atoms with Gasteiger partial charge in [-0.05, 0) is 19.0 Å². The maximum absolute atomic E-state index is 9.88. The van der Waals surface area contributed by atoms with E-state index in [4.69, 9.17) is 0 Å². The molecule has 0 bridgehead atoms. The summed E-state index contributed by atoms with van der Waals surface area (Å²) in [5.41, 5.74) is 0.943. The largest absolute Gasteiger partial charge is 0.391 e. The highest BCUT2D eigenvalue weighted by atomic mass is 32.2. The van der Waals surface area contributed by atoms with Gasteiger partial charge in [-0.25, -0.2) is 9.97 Å². The molecule has 1 atom stereocenters. The number of para-hydroxylation sites is 1. The summed E-state index contributed by atoms with van der Waals surface area (Å²) in [6.07, 6.45) is 2.30. The van der Waals surface area contributed by atoms with Crippen molar-refractivity contribution in [3.05, 3.63) is 30.6 Å². The molecule has 0 spiro atoms. The third-order valence-corrected chi connectivity index (χ3v) is 3.88. The topological polar surface area (TPSA) is 58.0 Å². The number of rotatable bonds is 7. The lowest BCUT2D eigenvalue weighted by Gasteiger charge is -2.11. The standard InChI is InChI=1S/C14H19N3OS/c1-2-7-15-8-11(18)9-19-14-12-5-3-4-6-13(12)16-10-17-14/h3-6,10-11,15,18H,2,7-9H2,1H3. The van der Waals surface area contributed by atoms with E-state index >= 15 is 0 Å². The fourth-order valence-corrected chi connectivity index (χ4v) is 2.69. The third kappa shape index (κ3) is 4.16. The van der Waals surface area contributed by atoms with Gasteiger partial charge in [0.15, 0.2) is 0 Å². The number of aliphatic hydroxyl groups excluding tert-OH is 1. The molecule has 2 rings (SSSR count). The number of aromatic nitrogens is 2. The molecule has 1 aromatic heterocycles. The van der Waals surface area contributed by atoms with Gasteiger partial charge in [-0.3, -0.25) is 0 Å². The predicted molar refractivity (Wildman–Crippen MR) is 79.4 cm³/mol. The van der Waals surface area contributed by atoms with Crippen molar-refractivity contribution in [2.45, 2.75) is 24.5 Å². The highest BCUT2D eigenvalue weighted by Crippen LogP contribution is 2.24. The van der Waals surface area contributed by atoms with E-state index in [1.54, 1.807) is 18.1 Å². The summed E-state index contributed by atoms with van der Waals surface area (Å²) in [5.74, 6) is 0.637. The lowest BCUT2D eigenvalue weighted by molar-refractivity contribution is 0.196.